The van der Waals surface area contributed by atoms with E-state index in [9.17, 15) is 0 Å². The van der Waals surface area contributed by atoms with Crippen LogP contribution >= 0.6 is 0 Å². The first-order valence-corrected chi connectivity index (χ1v) is 9.03. The lowest BCUT2D eigenvalue weighted by Crippen LogP contribution is -2.42. The molecule has 2 N–H and O–H groups in total. The summed E-state index contributed by atoms with van der Waals surface area (Å²) in [7, 11) is 1.85. The van der Waals surface area contributed by atoms with Crippen LogP contribution in [0.2, 0.25) is 0 Å². The Hall–Kier alpha value is -0.810. The van der Waals surface area contributed by atoms with E-state index < -0.39 is 0 Å². The average molecular weight is 313 g/mol. The van der Waals surface area contributed by atoms with Gasteiger partial charge in [-0.1, -0.05) is 26.2 Å². The fourth-order valence-corrected chi connectivity index (χ4v) is 2.69. The quantitative estimate of drug-likeness (QED) is 0.369. The van der Waals surface area contributed by atoms with Gasteiger partial charge in [0.15, 0.2) is 5.96 Å². The van der Waals surface area contributed by atoms with Crippen LogP contribution in [-0.2, 0) is 4.74 Å². The van der Waals surface area contributed by atoms with Crippen molar-refractivity contribution in [3.8, 4) is 0 Å². The molecule has 0 radical (unpaired) electrons. The minimum atomic E-state index is 0.492. The molecule has 1 atom stereocenters. The van der Waals surface area contributed by atoms with Gasteiger partial charge in [0.25, 0.3) is 0 Å². The normalized spacial score (nSPS) is 18.2. The Balaban J connectivity index is 2.03. The number of guanidine groups is 1. The Morgan fingerprint density at radius 1 is 1.18 bits per heavy atom. The second-order valence-electron chi connectivity index (χ2n) is 6.20. The van der Waals surface area contributed by atoms with Crippen molar-refractivity contribution >= 4 is 5.96 Å². The number of morpholine rings is 1. The van der Waals surface area contributed by atoms with E-state index in [1.165, 1.54) is 45.1 Å². The molecule has 0 aromatic heterocycles. The Morgan fingerprint density at radius 3 is 2.64 bits per heavy atom. The van der Waals surface area contributed by atoms with Crippen molar-refractivity contribution in [2.45, 2.75) is 58.4 Å². The van der Waals surface area contributed by atoms with Crippen LogP contribution in [0.3, 0.4) is 0 Å². The summed E-state index contributed by atoms with van der Waals surface area (Å²) in [6, 6.07) is 0.492. The van der Waals surface area contributed by atoms with E-state index in [0.717, 1.165) is 38.8 Å². The number of hydrogen-bond donors (Lipinski definition) is 2. The first kappa shape index (κ1) is 19.2. The first-order valence-electron chi connectivity index (χ1n) is 9.03. The number of unbranched alkanes of at least 4 members (excludes halogenated alkanes) is 3. The van der Waals surface area contributed by atoms with E-state index in [1.807, 2.05) is 7.05 Å². The fourth-order valence-electron chi connectivity index (χ4n) is 2.69. The molecule has 0 amide bonds. The maximum absolute atomic E-state index is 5.37. The molecule has 1 fully saturated rings. The Kier molecular flexibility index (Phi) is 11.1. The third kappa shape index (κ3) is 9.26. The monoisotopic (exact) mass is 312 g/mol. The fraction of sp³-hybridized carbons (Fsp3) is 0.941. The molecule has 0 bridgehead atoms. The van der Waals surface area contributed by atoms with Crippen LogP contribution < -0.4 is 10.6 Å². The Morgan fingerprint density at radius 2 is 1.95 bits per heavy atom. The summed E-state index contributed by atoms with van der Waals surface area (Å²) >= 11 is 0. The van der Waals surface area contributed by atoms with Gasteiger partial charge in [-0.15, -0.1) is 0 Å². The van der Waals surface area contributed by atoms with Gasteiger partial charge < -0.3 is 15.4 Å². The highest BCUT2D eigenvalue weighted by molar-refractivity contribution is 5.79. The lowest BCUT2D eigenvalue weighted by molar-refractivity contribution is 0.0372. The van der Waals surface area contributed by atoms with Crippen LogP contribution in [0.4, 0.5) is 0 Å². The van der Waals surface area contributed by atoms with E-state index in [-0.39, 0.29) is 0 Å². The molecule has 22 heavy (non-hydrogen) atoms. The number of ether oxygens (including phenoxy) is 1. The third-order valence-electron chi connectivity index (χ3n) is 4.14. The number of nitrogens with one attached hydrogen (secondary N) is 2. The van der Waals surface area contributed by atoms with Crippen molar-refractivity contribution in [1.29, 1.82) is 0 Å². The van der Waals surface area contributed by atoms with Crippen molar-refractivity contribution < 1.29 is 4.74 Å². The zero-order valence-corrected chi connectivity index (χ0v) is 14.9. The number of nitrogens with zero attached hydrogens (tertiary/aromatic N) is 2. The maximum Gasteiger partial charge on any atom is 0.191 e. The number of hydrogen-bond acceptors (Lipinski definition) is 3. The number of rotatable bonds is 10. The molecule has 0 aromatic rings. The van der Waals surface area contributed by atoms with Crippen molar-refractivity contribution in [2.24, 2.45) is 4.99 Å². The van der Waals surface area contributed by atoms with Crippen molar-refractivity contribution in [2.75, 3.05) is 46.4 Å². The van der Waals surface area contributed by atoms with Gasteiger partial charge in [-0.05, 0) is 32.7 Å². The minimum Gasteiger partial charge on any atom is -0.379 e. The molecule has 5 heteroatoms. The molecule has 1 unspecified atom stereocenters. The van der Waals surface area contributed by atoms with E-state index in [1.54, 1.807) is 0 Å². The van der Waals surface area contributed by atoms with Gasteiger partial charge >= 0.3 is 0 Å². The van der Waals surface area contributed by atoms with Gasteiger partial charge in [-0.3, -0.25) is 9.89 Å². The van der Waals surface area contributed by atoms with E-state index >= 15 is 0 Å². The van der Waals surface area contributed by atoms with Crippen molar-refractivity contribution in [1.82, 2.24) is 15.5 Å². The molecule has 1 rings (SSSR count). The summed E-state index contributed by atoms with van der Waals surface area (Å²) in [4.78, 5) is 6.80. The zero-order valence-electron chi connectivity index (χ0n) is 14.9. The molecule has 0 aliphatic carbocycles. The molecule has 1 aliphatic rings. The molecule has 5 nitrogen and oxygen atoms in total. The molecule has 0 saturated carbocycles. The molecule has 1 aliphatic heterocycles. The summed E-state index contributed by atoms with van der Waals surface area (Å²) in [5.74, 6) is 0.940. The largest absolute Gasteiger partial charge is 0.379 e. The molecule has 0 aromatic carbocycles. The van der Waals surface area contributed by atoms with Crippen molar-refractivity contribution in [3.63, 3.8) is 0 Å². The summed E-state index contributed by atoms with van der Waals surface area (Å²) in [6.45, 7) is 10.6. The predicted octanol–water partition coefficient (Wildman–Crippen LogP) is 2.23. The average Bonchev–Trinajstić information content (AvgIpc) is 2.54. The van der Waals surface area contributed by atoms with Gasteiger partial charge in [0.05, 0.1) is 13.2 Å². The zero-order chi connectivity index (χ0) is 16.0. The van der Waals surface area contributed by atoms with Gasteiger partial charge in [-0.2, -0.15) is 0 Å². The minimum absolute atomic E-state index is 0.492. The highest BCUT2D eigenvalue weighted by atomic mass is 16.5. The highest BCUT2D eigenvalue weighted by Gasteiger charge is 2.09. The second kappa shape index (κ2) is 12.7. The van der Waals surface area contributed by atoms with E-state index in [0.29, 0.717) is 6.04 Å². The van der Waals surface area contributed by atoms with Crippen LogP contribution in [-0.4, -0.2) is 63.3 Å². The molecular formula is C17H36N4O. The predicted molar refractivity (Wildman–Crippen MR) is 94.6 cm³/mol. The van der Waals surface area contributed by atoms with E-state index in [2.05, 4.69) is 34.4 Å². The summed E-state index contributed by atoms with van der Waals surface area (Å²) in [6.07, 6.45) is 7.52. The topological polar surface area (TPSA) is 48.9 Å². The molecule has 1 heterocycles. The molecule has 130 valence electrons. The van der Waals surface area contributed by atoms with Crippen LogP contribution in [0, 0.1) is 0 Å². The SMILES string of the molecule is CCCCCC(C)NC(=NC)NCCCCN1CCOCC1. The second-order valence-corrected chi connectivity index (χ2v) is 6.20. The first-order chi connectivity index (χ1) is 10.8. The molecule has 0 spiro atoms. The summed E-state index contributed by atoms with van der Waals surface area (Å²) in [5, 5.41) is 6.90. The van der Waals surface area contributed by atoms with Crippen LogP contribution in [0.5, 0.6) is 0 Å². The lowest BCUT2D eigenvalue weighted by Gasteiger charge is -2.26. The number of aliphatic imine (C=N–C) groups is 1. The van der Waals surface area contributed by atoms with Crippen molar-refractivity contribution in [3.05, 3.63) is 0 Å². The van der Waals surface area contributed by atoms with Gasteiger partial charge in [-0.25, -0.2) is 0 Å². The summed E-state index contributed by atoms with van der Waals surface area (Å²) < 4.78 is 5.37. The smallest absolute Gasteiger partial charge is 0.191 e. The van der Waals surface area contributed by atoms with Gasteiger partial charge in [0, 0.05) is 32.7 Å². The maximum atomic E-state index is 5.37. The molecular weight excluding hydrogens is 276 g/mol. The van der Waals surface area contributed by atoms with Crippen LogP contribution in [0.1, 0.15) is 52.4 Å². The van der Waals surface area contributed by atoms with Gasteiger partial charge in [0.2, 0.25) is 0 Å². The highest BCUT2D eigenvalue weighted by Crippen LogP contribution is 2.03. The van der Waals surface area contributed by atoms with Gasteiger partial charge in [0.1, 0.15) is 0 Å². The Labute approximate surface area is 136 Å². The standard InChI is InChI=1S/C17H36N4O/c1-4-5-6-9-16(2)20-17(18-3)19-10-7-8-11-21-12-14-22-15-13-21/h16H,4-15H2,1-3H3,(H2,18,19,20). The Bertz CT molecular complexity index is 290. The van der Waals surface area contributed by atoms with Crippen LogP contribution in [0.15, 0.2) is 4.99 Å². The lowest BCUT2D eigenvalue weighted by atomic mass is 10.1. The summed E-state index contributed by atoms with van der Waals surface area (Å²) in [5.41, 5.74) is 0. The third-order valence-corrected chi connectivity index (χ3v) is 4.14. The van der Waals surface area contributed by atoms with E-state index in [4.69, 9.17) is 4.74 Å². The van der Waals surface area contributed by atoms with Crippen LogP contribution in [0.25, 0.3) is 0 Å². The molecule has 1 saturated heterocycles.